The van der Waals surface area contributed by atoms with Crippen LogP contribution in [0.5, 0.6) is 0 Å². The monoisotopic (exact) mass is 920 g/mol. The van der Waals surface area contributed by atoms with Crippen molar-refractivity contribution in [2.45, 2.75) is 59.3 Å². The van der Waals surface area contributed by atoms with Crippen LogP contribution in [0, 0.1) is 27.7 Å². The first-order chi connectivity index (χ1) is 26.1. The van der Waals surface area contributed by atoms with Crippen LogP contribution in [0.2, 0.25) is 0 Å². The molecular weight excluding hydrogens is 865 g/mol. The molecule has 0 spiro atoms. The van der Waals surface area contributed by atoms with Crippen molar-refractivity contribution in [3.63, 3.8) is 0 Å². The first-order valence-corrected chi connectivity index (χ1v) is 19.5. The fourth-order valence-corrected chi connectivity index (χ4v) is 6.74. The van der Waals surface area contributed by atoms with Gasteiger partial charge < -0.3 is 4.98 Å². The smallest absolute Gasteiger partial charge is 0.262 e. The van der Waals surface area contributed by atoms with Gasteiger partial charge in [0.1, 0.15) is 0 Å². The minimum atomic E-state index is 0. The molecule has 0 aliphatic heterocycles. The van der Waals surface area contributed by atoms with E-state index >= 15 is 0 Å². The van der Waals surface area contributed by atoms with E-state index in [2.05, 4.69) is 129 Å². The van der Waals surface area contributed by atoms with Crippen LogP contribution in [0.25, 0.3) is 43.5 Å². The predicted molar refractivity (Wildman–Crippen MR) is 237 cm³/mol. The predicted octanol–water partition coefficient (Wildman–Crippen LogP) is 13.1. The van der Waals surface area contributed by atoms with Crippen LogP contribution in [0.1, 0.15) is 74.4 Å². The molecule has 0 amide bonds. The Hall–Kier alpha value is -4.84. The summed E-state index contributed by atoms with van der Waals surface area (Å²) in [5, 5.41) is 11.8. The first-order valence-electron chi connectivity index (χ1n) is 18.7. The number of rotatable bonds is 2. The van der Waals surface area contributed by atoms with Crippen LogP contribution in [0.3, 0.4) is 0 Å². The molecule has 3 nitrogen and oxygen atoms in total. The van der Waals surface area contributed by atoms with Crippen LogP contribution in [-0.4, -0.2) is 5.10 Å². The van der Waals surface area contributed by atoms with Crippen LogP contribution in [-0.2, 0) is 43.7 Å². The van der Waals surface area contributed by atoms with Gasteiger partial charge in [-0.15, -0.1) is 42.1 Å². The summed E-state index contributed by atoms with van der Waals surface area (Å²) in [5.74, 6) is 0. The molecule has 5 heteroatoms. The Balaban J connectivity index is 0.000000254. The zero-order valence-corrected chi connectivity index (χ0v) is 38.6. The van der Waals surface area contributed by atoms with Gasteiger partial charge in [0.05, 0.1) is 0 Å². The summed E-state index contributed by atoms with van der Waals surface area (Å²) in [6.07, 6.45) is 0. The Morgan fingerprint density at radius 2 is 0.929 bits per heavy atom. The van der Waals surface area contributed by atoms with Crippen molar-refractivity contribution in [1.29, 1.82) is 0 Å². The van der Waals surface area contributed by atoms with Crippen molar-refractivity contribution < 1.29 is 30.5 Å². The molecule has 2 heterocycles. The second-order valence-corrected chi connectivity index (χ2v) is 17.0. The third-order valence-electron chi connectivity index (χ3n) is 9.27. The SMILES string of the molecule is Cc1sc(-c2ccc(-c3c4cc(C(C)(C)C)ccc4cc4ccc(C(C)(C)C)cc34)[n-]2)n[n+]1C.[CH2-]c1ccccc1.[CH2-]c1ccccc1.[CH2-]c1ccccc1.[Hf]. The largest absolute Gasteiger partial charge is 0.655 e. The summed E-state index contributed by atoms with van der Waals surface area (Å²) in [4.78, 5) is 5.12. The minimum Gasteiger partial charge on any atom is -0.655 e. The van der Waals surface area contributed by atoms with E-state index in [1.54, 1.807) is 11.3 Å². The Labute approximate surface area is 358 Å². The van der Waals surface area contributed by atoms with Gasteiger partial charge in [0, 0.05) is 37.9 Å². The van der Waals surface area contributed by atoms with Crippen molar-refractivity contribution in [3.05, 3.63) is 199 Å². The van der Waals surface area contributed by atoms with Gasteiger partial charge in [0.2, 0.25) is 0 Å². The zero-order valence-electron chi connectivity index (χ0n) is 34.2. The Morgan fingerprint density at radius 3 is 1.25 bits per heavy atom. The number of benzene rings is 6. The van der Waals surface area contributed by atoms with E-state index in [0.29, 0.717) is 0 Å². The molecule has 0 saturated carbocycles. The van der Waals surface area contributed by atoms with Gasteiger partial charge in [-0.2, -0.15) is 73.9 Å². The number of aryl methyl sites for hydroxylation is 2. The average molecular weight is 920 g/mol. The van der Waals surface area contributed by atoms with Gasteiger partial charge in [0.15, 0.2) is 12.1 Å². The van der Waals surface area contributed by atoms with E-state index < -0.39 is 0 Å². The van der Waals surface area contributed by atoms with E-state index in [1.807, 2.05) is 103 Å². The van der Waals surface area contributed by atoms with Crippen LogP contribution in [0.4, 0.5) is 0 Å². The van der Waals surface area contributed by atoms with E-state index in [9.17, 15) is 0 Å². The molecule has 0 unspecified atom stereocenters. The number of aromatic nitrogens is 3. The molecule has 0 atom stereocenters. The number of hydrogen-bond acceptors (Lipinski definition) is 2. The van der Waals surface area contributed by atoms with E-state index in [-0.39, 0.29) is 36.7 Å². The average Bonchev–Trinajstić information content (AvgIpc) is 3.77. The summed E-state index contributed by atoms with van der Waals surface area (Å²) >= 11 is 1.68. The Morgan fingerprint density at radius 1 is 0.536 bits per heavy atom. The van der Waals surface area contributed by atoms with Gasteiger partial charge >= 0.3 is 0 Å². The maximum absolute atomic E-state index is 5.12. The summed E-state index contributed by atoms with van der Waals surface area (Å²) in [6.45, 7) is 26.9. The van der Waals surface area contributed by atoms with Crippen LogP contribution >= 0.6 is 11.3 Å². The molecule has 0 saturated heterocycles. The summed E-state index contributed by atoms with van der Waals surface area (Å²) < 4.78 is 1.92. The summed E-state index contributed by atoms with van der Waals surface area (Å²) in [7, 11) is 1.99. The Kier molecular flexibility index (Phi) is 15.2. The van der Waals surface area contributed by atoms with Gasteiger partial charge in [0.25, 0.3) is 5.01 Å². The molecule has 286 valence electrons. The molecule has 0 bridgehead atoms. The topological polar surface area (TPSA) is 30.9 Å². The van der Waals surface area contributed by atoms with Crippen LogP contribution in [0.15, 0.2) is 146 Å². The molecule has 0 aliphatic rings. The molecular formula is C51H54HfN3S-3. The molecule has 6 aromatic carbocycles. The number of fused-ring (bicyclic) bond motifs is 2. The third-order valence-corrected chi connectivity index (χ3v) is 10.3. The van der Waals surface area contributed by atoms with Crippen molar-refractivity contribution in [1.82, 2.24) is 10.1 Å². The normalized spacial score (nSPS) is 10.9. The second-order valence-electron chi connectivity index (χ2n) is 15.8. The maximum Gasteiger partial charge on any atom is 0.262 e. The number of hydrogen-bond donors (Lipinski definition) is 0. The number of nitrogens with zero attached hydrogens (tertiary/aromatic N) is 3. The molecule has 8 rings (SSSR count). The van der Waals surface area contributed by atoms with Crippen molar-refractivity contribution in [2.75, 3.05) is 0 Å². The zero-order chi connectivity index (χ0) is 39.8. The maximum atomic E-state index is 5.12. The third kappa shape index (κ3) is 11.8. The van der Waals surface area contributed by atoms with Crippen LogP contribution < -0.4 is 9.67 Å². The van der Waals surface area contributed by atoms with E-state index in [1.165, 1.54) is 43.2 Å². The van der Waals surface area contributed by atoms with Crippen molar-refractivity contribution in [3.8, 4) is 22.0 Å². The van der Waals surface area contributed by atoms with Crippen molar-refractivity contribution in [2.24, 2.45) is 7.05 Å². The fraction of sp³-hybridized carbons (Fsp3) is 0.196. The molecule has 8 aromatic rings. The van der Waals surface area contributed by atoms with Gasteiger partial charge in [-0.3, -0.25) is 0 Å². The first kappa shape index (κ1) is 43.9. The fourth-order valence-electron chi connectivity index (χ4n) is 5.91. The van der Waals surface area contributed by atoms with Gasteiger partial charge in [-0.25, -0.2) is 0 Å². The summed E-state index contributed by atoms with van der Waals surface area (Å²) in [6, 6.07) is 50.0. The summed E-state index contributed by atoms with van der Waals surface area (Å²) in [5.41, 5.74) is 9.20. The standard InChI is InChI=1S/C30H33N3S.3C7H7.Hf/c1-18-33(8)32-28(34-18)26-14-13-25(31-26)27-23-16-21(29(2,3)4)11-9-19(23)15-20-10-12-22(17-24(20)27)30(5,6)7;3*1-7-5-3-2-4-6-7;/h9-17H,1-8H3;3*2-6H,1H2;/q;3*-1;. The van der Waals surface area contributed by atoms with Crippen molar-refractivity contribution >= 4 is 32.9 Å². The van der Waals surface area contributed by atoms with E-state index in [0.717, 1.165) is 33.1 Å². The molecule has 56 heavy (non-hydrogen) atoms. The molecule has 0 radical (unpaired) electrons. The minimum absolute atomic E-state index is 0. The Bertz CT molecular complexity index is 2250. The van der Waals surface area contributed by atoms with Gasteiger partial charge in [-0.1, -0.05) is 119 Å². The second kappa shape index (κ2) is 19.3. The molecule has 0 aliphatic carbocycles. The molecule has 0 N–H and O–H groups in total. The molecule has 0 fully saturated rings. The van der Waals surface area contributed by atoms with E-state index in [4.69, 9.17) is 4.98 Å². The molecule has 2 aromatic heterocycles. The quantitative estimate of drug-likeness (QED) is 0.0749. The van der Waals surface area contributed by atoms with Gasteiger partial charge in [-0.05, 0) is 66.5 Å².